The summed E-state index contributed by atoms with van der Waals surface area (Å²) >= 11 is 1.53. The molecule has 0 bridgehead atoms. The van der Waals surface area contributed by atoms with E-state index in [1.165, 1.54) is 17.3 Å². The van der Waals surface area contributed by atoms with Crippen LogP contribution in [0.4, 0.5) is 0 Å². The quantitative estimate of drug-likeness (QED) is 0.817. The predicted octanol–water partition coefficient (Wildman–Crippen LogP) is 2.92. The summed E-state index contributed by atoms with van der Waals surface area (Å²) in [5.41, 5.74) is 1.58. The second-order valence-electron chi connectivity index (χ2n) is 5.87. The number of ether oxygens (including phenoxy) is 1. The minimum Gasteiger partial charge on any atom is -0.381 e. The molecule has 0 aliphatic carbocycles. The molecule has 1 fully saturated rings. The second kappa shape index (κ2) is 8.26. The lowest BCUT2D eigenvalue weighted by Crippen LogP contribution is -2.39. The Morgan fingerprint density at radius 3 is 2.88 bits per heavy atom. The monoisotopic (exact) mass is 343 g/mol. The van der Waals surface area contributed by atoms with Crippen LogP contribution < -0.4 is 5.32 Å². The summed E-state index contributed by atoms with van der Waals surface area (Å²) in [7, 11) is 0. The van der Waals surface area contributed by atoms with E-state index in [-0.39, 0.29) is 11.9 Å². The van der Waals surface area contributed by atoms with Crippen LogP contribution in [0.3, 0.4) is 0 Å². The molecular weight excluding hydrogens is 322 g/mol. The van der Waals surface area contributed by atoms with Crippen LogP contribution >= 0.6 is 11.8 Å². The molecule has 1 aromatic heterocycles. The molecule has 3 rings (SSSR count). The minimum atomic E-state index is -0.168. The van der Waals surface area contributed by atoms with Crippen LogP contribution in [0.15, 0.2) is 47.8 Å². The Morgan fingerprint density at radius 2 is 2.12 bits per heavy atom. The van der Waals surface area contributed by atoms with Crippen molar-refractivity contribution in [2.75, 3.05) is 13.2 Å². The smallest absolute Gasteiger partial charge is 0.272 e. The number of hydrogen-bond acceptors (Lipinski definition) is 5. The number of carbonyl (C=O) groups is 1. The van der Waals surface area contributed by atoms with Crippen LogP contribution in [0.1, 0.15) is 29.4 Å². The maximum Gasteiger partial charge on any atom is 0.272 e. The highest BCUT2D eigenvalue weighted by atomic mass is 32.2. The molecular formula is C18H21N3O2S. The summed E-state index contributed by atoms with van der Waals surface area (Å²) in [5.74, 6) is 0.954. The van der Waals surface area contributed by atoms with Crippen molar-refractivity contribution in [3.63, 3.8) is 0 Å². The fourth-order valence-electron chi connectivity index (χ4n) is 2.65. The van der Waals surface area contributed by atoms with Gasteiger partial charge in [-0.25, -0.2) is 9.97 Å². The largest absolute Gasteiger partial charge is 0.381 e. The Morgan fingerprint density at radius 1 is 1.33 bits per heavy atom. The van der Waals surface area contributed by atoms with Gasteiger partial charge < -0.3 is 10.1 Å². The molecule has 1 aromatic carbocycles. The Hall–Kier alpha value is -1.92. The maximum absolute atomic E-state index is 12.6. The maximum atomic E-state index is 12.6. The molecule has 1 aliphatic rings. The van der Waals surface area contributed by atoms with Crippen molar-refractivity contribution in [1.82, 2.24) is 15.3 Å². The van der Waals surface area contributed by atoms with Crippen LogP contribution in [0.2, 0.25) is 0 Å². The van der Waals surface area contributed by atoms with Gasteiger partial charge in [0.1, 0.15) is 5.03 Å². The van der Waals surface area contributed by atoms with Gasteiger partial charge in [-0.15, -0.1) is 0 Å². The van der Waals surface area contributed by atoms with E-state index in [1.807, 2.05) is 25.1 Å². The van der Waals surface area contributed by atoms with Gasteiger partial charge >= 0.3 is 0 Å². The number of thioether (sulfide) groups is 1. The number of carbonyl (C=O) groups excluding carboxylic acids is 1. The molecule has 1 saturated heterocycles. The lowest BCUT2D eigenvalue weighted by Gasteiger charge is -2.19. The van der Waals surface area contributed by atoms with Crippen molar-refractivity contribution < 1.29 is 9.53 Å². The first kappa shape index (κ1) is 16.9. The summed E-state index contributed by atoms with van der Waals surface area (Å²) in [5, 5.41) is 3.70. The van der Waals surface area contributed by atoms with E-state index in [1.54, 1.807) is 12.4 Å². The number of amides is 1. The van der Waals surface area contributed by atoms with Crippen LogP contribution in [0.25, 0.3) is 0 Å². The molecule has 24 heavy (non-hydrogen) atoms. The highest BCUT2D eigenvalue weighted by molar-refractivity contribution is 7.98. The van der Waals surface area contributed by atoms with Crippen molar-refractivity contribution in [2.24, 2.45) is 5.92 Å². The zero-order chi connectivity index (χ0) is 16.8. The molecule has 1 amide bonds. The number of nitrogens with one attached hydrogen (secondary N) is 1. The molecule has 2 aromatic rings. The second-order valence-corrected chi connectivity index (χ2v) is 6.83. The average molecular weight is 343 g/mol. The van der Waals surface area contributed by atoms with Crippen molar-refractivity contribution in [2.45, 2.75) is 30.2 Å². The minimum absolute atomic E-state index is 0.0639. The third-order valence-electron chi connectivity index (χ3n) is 4.13. The van der Waals surface area contributed by atoms with Crippen LogP contribution in [0, 0.1) is 5.92 Å². The van der Waals surface area contributed by atoms with E-state index in [0.29, 0.717) is 23.2 Å². The number of nitrogens with zero attached hydrogens (tertiary/aromatic N) is 2. The van der Waals surface area contributed by atoms with Gasteiger partial charge in [-0.2, -0.15) is 0 Å². The van der Waals surface area contributed by atoms with E-state index < -0.39 is 0 Å². The molecule has 2 unspecified atom stereocenters. The first-order valence-corrected chi connectivity index (χ1v) is 9.09. The highest BCUT2D eigenvalue weighted by Gasteiger charge is 2.25. The molecule has 2 heterocycles. The summed E-state index contributed by atoms with van der Waals surface area (Å²) in [6.45, 7) is 3.50. The van der Waals surface area contributed by atoms with Crippen LogP contribution in [-0.4, -0.2) is 35.1 Å². The first-order valence-electron chi connectivity index (χ1n) is 8.10. The number of aromatic nitrogens is 2. The highest BCUT2D eigenvalue weighted by Crippen LogP contribution is 2.23. The fourth-order valence-corrected chi connectivity index (χ4v) is 3.57. The third kappa shape index (κ3) is 4.33. The van der Waals surface area contributed by atoms with Gasteiger partial charge in [0.25, 0.3) is 5.91 Å². The van der Waals surface area contributed by atoms with Crippen molar-refractivity contribution in [1.29, 1.82) is 0 Å². The Bertz CT molecular complexity index is 675. The Balaban J connectivity index is 1.65. The van der Waals surface area contributed by atoms with Crippen molar-refractivity contribution >= 4 is 17.7 Å². The lowest BCUT2D eigenvalue weighted by molar-refractivity contribution is 0.0913. The molecule has 0 saturated carbocycles. The molecule has 0 spiro atoms. The zero-order valence-corrected chi connectivity index (χ0v) is 14.5. The van der Waals surface area contributed by atoms with Gasteiger partial charge in [0.05, 0.1) is 6.61 Å². The van der Waals surface area contributed by atoms with Crippen molar-refractivity contribution in [3.8, 4) is 0 Å². The SMILES string of the molecule is CC(NC(=O)c1nccnc1SCc1ccccc1)C1CCOC1. The van der Waals surface area contributed by atoms with E-state index in [9.17, 15) is 4.79 Å². The summed E-state index contributed by atoms with van der Waals surface area (Å²) in [6.07, 6.45) is 4.17. The summed E-state index contributed by atoms with van der Waals surface area (Å²) in [6, 6.07) is 10.2. The van der Waals surface area contributed by atoms with Crippen LogP contribution in [-0.2, 0) is 10.5 Å². The van der Waals surface area contributed by atoms with Gasteiger partial charge in [0.2, 0.25) is 0 Å². The molecule has 126 valence electrons. The van der Waals surface area contributed by atoms with E-state index in [2.05, 4.69) is 27.4 Å². The normalized spacial score (nSPS) is 18.3. The number of rotatable bonds is 6. The molecule has 1 N–H and O–H groups in total. The summed E-state index contributed by atoms with van der Waals surface area (Å²) < 4.78 is 5.39. The van der Waals surface area contributed by atoms with E-state index >= 15 is 0 Å². The van der Waals surface area contributed by atoms with Gasteiger partial charge in [-0.3, -0.25) is 4.79 Å². The third-order valence-corrected chi connectivity index (χ3v) is 5.18. The molecule has 1 aliphatic heterocycles. The average Bonchev–Trinajstić information content (AvgIpc) is 3.16. The molecule has 2 atom stereocenters. The summed E-state index contributed by atoms with van der Waals surface area (Å²) in [4.78, 5) is 21.2. The topological polar surface area (TPSA) is 64.1 Å². The Kier molecular flexibility index (Phi) is 5.82. The van der Waals surface area contributed by atoms with Gasteiger partial charge in [0.15, 0.2) is 5.69 Å². The van der Waals surface area contributed by atoms with Gasteiger partial charge in [-0.05, 0) is 18.9 Å². The molecule has 0 radical (unpaired) electrons. The molecule has 6 heteroatoms. The van der Waals surface area contributed by atoms with Gasteiger partial charge in [-0.1, -0.05) is 42.1 Å². The predicted molar refractivity (Wildman–Crippen MR) is 93.9 cm³/mol. The van der Waals surface area contributed by atoms with E-state index in [0.717, 1.165) is 18.8 Å². The van der Waals surface area contributed by atoms with E-state index in [4.69, 9.17) is 4.74 Å². The first-order chi connectivity index (χ1) is 11.7. The number of hydrogen-bond donors (Lipinski definition) is 1. The van der Waals surface area contributed by atoms with Gasteiger partial charge in [0, 0.05) is 36.7 Å². The lowest BCUT2D eigenvalue weighted by atomic mass is 10.0. The standard InChI is InChI=1S/C18H21N3O2S/c1-13(15-7-10-23-11-15)21-17(22)16-18(20-9-8-19-16)24-12-14-5-3-2-4-6-14/h2-6,8-9,13,15H,7,10-12H2,1H3,(H,21,22). The zero-order valence-electron chi connectivity index (χ0n) is 13.6. The Labute approximate surface area is 146 Å². The number of benzene rings is 1. The molecule has 5 nitrogen and oxygen atoms in total. The van der Waals surface area contributed by atoms with Crippen LogP contribution in [0.5, 0.6) is 0 Å². The van der Waals surface area contributed by atoms with Crippen molar-refractivity contribution in [3.05, 3.63) is 54.0 Å². The fraction of sp³-hybridized carbons (Fsp3) is 0.389.